The number of hydrogen-bond acceptors (Lipinski definition) is 1. The van der Waals surface area contributed by atoms with Crippen molar-refractivity contribution in [2.75, 3.05) is 0 Å². The Bertz CT molecular complexity index is 183. The van der Waals surface area contributed by atoms with Crippen molar-refractivity contribution < 1.29 is 0 Å². The molecule has 70 valence electrons. The maximum Gasteiger partial charge on any atom is 0.0136 e. The second-order valence-corrected chi connectivity index (χ2v) is 5.20. The van der Waals surface area contributed by atoms with Gasteiger partial charge in [-0.2, -0.15) is 0 Å². The van der Waals surface area contributed by atoms with E-state index in [9.17, 15) is 0 Å². The molecular weight excluding hydrogens is 146 g/mol. The zero-order chi connectivity index (χ0) is 9.41. The van der Waals surface area contributed by atoms with E-state index in [-0.39, 0.29) is 11.0 Å². The summed E-state index contributed by atoms with van der Waals surface area (Å²) in [6, 6.07) is 0. The molecule has 1 nitrogen and oxygen atoms in total. The van der Waals surface area contributed by atoms with Gasteiger partial charge in [0, 0.05) is 5.54 Å². The molecule has 0 heterocycles. The zero-order valence-corrected chi connectivity index (χ0v) is 8.56. The summed E-state index contributed by atoms with van der Waals surface area (Å²) in [6.45, 7) is 10.6. The maximum atomic E-state index is 6.17. The minimum Gasteiger partial charge on any atom is -0.325 e. The third-order valence-corrected chi connectivity index (χ3v) is 2.93. The summed E-state index contributed by atoms with van der Waals surface area (Å²) in [7, 11) is 0. The normalized spacial score (nSPS) is 48.8. The van der Waals surface area contributed by atoms with Crippen molar-refractivity contribution in [2.24, 2.45) is 17.1 Å². The van der Waals surface area contributed by atoms with E-state index < -0.39 is 0 Å². The van der Waals surface area contributed by atoms with Gasteiger partial charge in [0.25, 0.3) is 0 Å². The largest absolute Gasteiger partial charge is 0.325 e. The van der Waals surface area contributed by atoms with Crippen LogP contribution in [0.25, 0.3) is 0 Å². The van der Waals surface area contributed by atoms with Crippen LogP contribution in [0.4, 0.5) is 0 Å². The Labute approximate surface area is 76.0 Å². The van der Waals surface area contributed by atoms with E-state index in [1.165, 1.54) is 6.42 Å². The summed E-state index contributed by atoms with van der Waals surface area (Å²) in [5.74, 6) is 0.733. The van der Waals surface area contributed by atoms with Gasteiger partial charge in [0.1, 0.15) is 0 Å². The van der Waals surface area contributed by atoms with Crippen molar-refractivity contribution in [3.8, 4) is 0 Å². The van der Waals surface area contributed by atoms with Crippen LogP contribution < -0.4 is 5.73 Å². The standard InChI is InChI=1S/C11H21N/c1-5-10(3)6-9(2)7-11(4,12)8-10/h5,9H,1,6-8,12H2,2-4H3/t9-,10-,11+/m0/s1. The Morgan fingerprint density at radius 1 is 1.42 bits per heavy atom. The molecule has 0 amide bonds. The highest BCUT2D eigenvalue weighted by Gasteiger charge is 2.37. The van der Waals surface area contributed by atoms with E-state index in [0.717, 1.165) is 18.8 Å². The number of nitrogens with two attached hydrogens (primary N) is 1. The molecule has 0 radical (unpaired) electrons. The molecule has 1 saturated carbocycles. The third-order valence-electron chi connectivity index (χ3n) is 2.93. The molecule has 1 aliphatic rings. The van der Waals surface area contributed by atoms with Gasteiger partial charge in [0.05, 0.1) is 0 Å². The van der Waals surface area contributed by atoms with E-state index in [4.69, 9.17) is 5.73 Å². The first-order valence-corrected chi connectivity index (χ1v) is 4.79. The third kappa shape index (κ3) is 2.10. The smallest absolute Gasteiger partial charge is 0.0136 e. The summed E-state index contributed by atoms with van der Waals surface area (Å²) in [5.41, 5.74) is 6.45. The van der Waals surface area contributed by atoms with Crippen molar-refractivity contribution >= 4 is 0 Å². The van der Waals surface area contributed by atoms with Gasteiger partial charge in [-0.1, -0.05) is 19.9 Å². The van der Waals surface area contributed by atoms with E-state index in [2.05, 4.69) is 33.4 Å². The predicted molar refractivity (Wildman–Crippen MR) is 53.9 cm³/mol. The second kappa shape index (κ2) is 2.88. The SMILES string of the molecule is C=C[C@@]1(C)C[C@H](C)C[C@@](C)(N)C1. The molecule has 0 aromatic heterocycles. The molecule has 1 heteroatoms. The van der Waals surface area contributed by atoms with Crippen LogP contribution in [0.1, 0.15) is 40.0 Å². The van der Waals surface area contributed by atoms with Gasteiger partial charge in [-0.25, -0.2) is 0 Å². The van der Waals surface area contributed by atoms with Gasteiger partial charge in [0.2, 0.25) is 0 Å². The number of allylic oxidation sites excluding steroid dienone is 1. The summed E-state index contributed by atoms with van der Waals surface area (Å²) >= 11 is 0. The van der Waals surface area contributed by atoms with Crippen LogP contribution in [-0.2, 0) is 0 Å². The number of hydrogen-bond donors (Lipinski definition) is 1. The Morgan fingerprint density at radius 3 is 2.42 bits per heavy atom. The zero-order valence-electron chi connectivity index (χ0n) is 8.56. The average Bonchev–Trinajstić information content (AvgIpc) is 1.82. The lowest BCUT2D eigenvalue weighted by molar-refractivity contribution is 0.144. The molecule has 1 rings (SSSR count). The lowest BCUT2D eigenvalue weighted by Crippen LogP contribution is -2.46. The predicted octanol–water partition coefficient (Wildman–Crippen LogP) is 2.72. The van der Waals surface area contributed by atoms with Crippen molar-refractivity contribution in [3.63, 3.8) is 0 Å². The van der Waals surface area contributed by atoms with Gasteiger partial charge in [-0.15, -0.1) is 6.58 Å². The van der Waals surface area contributed by atoms with E-state index in [1.807, 2.05) is 0 Å². The van der Waals surface area contributed by atoms with E-state index >= 15 is 0 Å². The van der Waals surface area contributed by atoms with Crippen LogP contribution in [0.2, 0.25) is 0 Å². The van der Waals surface area contributed by atoms with Crippen LogP contribution in [0.5, 0.6) is 0 Å². The molecule has 1 aliphatic carbocycles. The topological polar surface area (TPSA) is 26.0 Å². The lowest BCUT2D eigenvalue weighted by atomic mass is 9.64. The minimum absolute atomic E-state index is 0.0145. The van der Waals surface area contributed by atoms with Gasteiger partial charge in [0.15, 0.2) is 0 Å². The first kappa shape index (κ1) is 9.79. The molecule has 2 N–H and O–H groups in total. The Morgan fingerprint density at radius 2 is 2.00 bits per heavy atom. The molecular formula is C11H21N. The lowest BCUT2D eigenvalue weighted by Gasteiger charge is -2.44. The second-order valence-electron chi connectivity index (χ2n) is 5.20. The van der Waals surface area contributed by atoms with Gasteiger partial charge in [-0.05, 0) is 37.5 Å². The fourth-order valence-corrected chi connectivity index (χ4v) is 2.89. The highest BCUT2D eigenvalue weighted by Crippen LogP contribution is 2.43. The molecule has 0 unspecified atom stereocenters. The van der Waals surface area contributed by atoms with Gasteiger partial charge >= 0.3 is 0 Å². The van der Waals surface area contributed by atoms with E-state index in [1.54, 1.807) is 0 Å². The molecule has 0 aromatic rings. The van der Waals surface area contributed by atoms with Crippen LogP contribution in [0.15, 0.2) is 12.7 Å². The quantitative estimate of drug-likeness (QED) is 0.597. The molecule has 0 aliphatic heterocycles. The average molecular weight is 167 g/mol. The van der Waals surface area contributed by atoms with Gasteiger partial charge in [-0.3, -0.25) is 0 Å². The van der Waals surface area contributed by atoms with Crippen molar-refractivity contribution in [3.05, 3.63) is 12.7 Å². The molecule has 0 saturated heterocycles. The summed E-state index contributed by atoms with van der Waals surface area (Å²) in [6.07, 6.45) is 5.54. The Balaban J connectivity index is 2.76. The summed E-state index contributed by atoms with van der Waals surface area (Å²) in [4.78, 5) is 0. The van der Waals surface area contributed by atoms with E-state index in [0.29, 0.717) is 0 Å². The Kier molecular flexibility index (Phi) is 2.35. The molecule has 0 aromatic carbocycles. The fraction of sp³-hybridized carbons (Fsp3) is 0.818. The summed E-state index contributed by atoms with van der Waals surface area (Å²) < 4.78 is 0. The fourth-order valence-electron chi connectivity index (χ4n) is 2.89. The van der Waals surface area contributed by atoms with Gasteiger partial charge < -0.3 is 5.73 Å². The van der Waals surface area contributed by atoms with Crippen molar-refractivity contribution in [1.82, 2.24) is 0 Å². The first-order chi connectivity index (χ1) is 5.37. The summed E-state index contributed by atoms with van der Waals surface area (Å²) in [5, 5.41) is 0. The van der Waals surface area contributed by atoms with Crippen molar-refractivity contribution in [1.29, 1.82) is 0 Å². The Hall–Kier alpha value is -0.300. The maximum absolute atomic E-state index is 6.17. The highest BCUT2D eigenvalue weighted by molar-refractivity contribution is 5.02. The molecule has 1 fully saturated rings. The first-order valence-electron chi connectivity index (χ1n) is 4.79. The van der Waals surface area contributed by atoms with Crippen molar-refractivity contribution in [2.45, 2.75) is 45.6 Å². The highest BCUT2D eigenvalue weighted by atomic mass is 14.7. The van der Waals surface area contributed by atoms with Crippen LogP contribution in [-0.4, -0.2) is 5.54 Å². The molecule has 0 spiro atoms. The number of rotatable bonds is 1. The minimum atomic E-state index is 0.0145. The van der Waals surface area contributed by atoms with Crippen LogP contribution in [0, 0.1) is 11.3 Å². The monoisotopic (exact) mass is 167 g/mol. The molecule has 12 heavy (non-hydrogen) atoms. The van der Waals surface area contributed by atoms with Crippen LogP contribution >= 0.6 is 0 Å². The molecule has 0 bridgehead atoms. The molecule has 3 atom stereocenters. The van der Waals surface area contributed by atoms with Crippen LogP contribution in [0.3, 0.4) is 0 Å².